The Labute approximate surface area is 157 Å². The number of carbonyl (C=O) groups is 2. The standard InChI is InChI=1S/C18H19N3O4.ClH/c22-17(13-7-11-21(24)12-8-13)20-15-3-1-14(2-4-15)18(23)25-16-5-9-19-10-6-16;/h1-4,7-8,11-12,16,19H,5-6,9-10H2,(H,20,22);1H. The van der Waals surface area contributed by atoms with E-state index in [9.17, 15) is 14.8 Å². The van der Waals surface area contributed by atoms with E-state index in [1.807, 2.05) is 0 Å². The molecule has 1 aromatic carbocycles. The van der Waals surface area contributed by atoms with Gasteiger partial charge in [-0.3, -0.25) is 4.79 Å². The molecule has 26 heavy (non-hydrogen) atoms. The number of amides is 1. The molecule has 2 N–H and O–H groups in total. The molecule has 1 aliphatic heterocycles. The molecular formula is C18H20ClN3O4. The van der Waals surface area contributed by atoms with Gasteiger partial charge < -0.3 is 20.6 Å². The van der Waals surface area contributed by atoms with E-state index in [-0.39, 0.29) is 30.4 Å². The van der Waals surface area contributed by atoms with E-state index < -0.39 is 0 Å². The van der Waals surface area contributed by atoms with Gasteiger partial charge in [0, 0.05) is 17.8 Å². The number of aromatic nitrogens is 1. The van der Waals surface area contributed by atoms with Gasteiger partial charge in [0.2, 0.25) is 0 Å². The van der Waals surface area contributed by atoms with Gasteiger partial charge in [0.1, 0.15) is 6.10 Å². The Balaban J connectivity index is 0.00000243. The van der Waals surface area contributed by atoms with E-state index >= 15 is 0 Å². The van der Waals surface area contributed by atoms with Crippen LogP contribution < -0.4 is 15.4 Å². The normalized spacial score (nSPS) is 14.2. The number of nitrogens with zero attached hydrogens (tertiary/aromatic N) is 1. The average Bonchev–Trinajstić information content (AvgIpc) is 2.63. The summed E-state index contributed by atoms with van der Waals surface area (Å²) in [4.78, 5) is 24.2. The lowest BCUT2D eigenvalue weighted by Crippen LogP contribution is -2.33. The highest BCUT2D eigenvalue weighted by Gasteiger charge is 2.18. The summed E-state index contributed by atoms with van der Waals surface area (Å²) >= 11 is 0. The fraction of sp³-hybridized carbons (Fsp3) is 0.278. The Morgan fingerprint density at radius 1 is 1.04 bits per heavy atom. The van der Waals surface area contributed by atoms with Gasteiger partial charge in [0.05, 0.1) is 11.1 Å². The number of anilines is 1. The predicted molar refractivity (Wildman–Crippen MR) is 98.4 cm³/mol. The maximum atomic E-state index is 12.1. The monoisotopic (exact) mass is 377 g/mol. The summed E-state index contributed by atoms with van der Waals surface area (Å²) in [5.41, 5.74) is 1.38. The lowest BCUT2D eigenvalue weighted by Gasteiger charge is -2.22. The second-order valence-corrected chi connectivity index (χ2v) is 5.83. The number of rotatable bonds is 4. The molecule has 1 saturated heterocycles. The van der Waals surface area contributed by atoms with Crippen molar-refractivity contribution in [3.8, 4) is 0 Å². The van der Waals surface area contributed by atoms with Crippen LogP contribution in [0.4, 0.5) is 5.69 Å². The smallest absolute Gasteiger partial charge is 0.338 e. The van der Waals surface area contributed by atoms with Gasteiger partial charge >= 0.3 is 5.97 Å². The number of piperidine rings is 1. The van der Waals surface area contributed by atoms with Gasteiger partial charge in [-0.05, 0) is 50.2 Å². The van der Waals surface area contributed by atoms with Crippen LogP contribution in [0.1, 0.15) is 33.6 Å². The van der Waals surface area contributed by atoms with Crippen LogP contribution in [0.3, 0.4) is 0 Å². The molecule has 0 aliphatic carbocycles. The third-order valence-corrected chi connectivity index (χ3v) is 4.00. The van der Waals surface area contributed by atoms with Gasteiger partial charge in [0.25, 0.3) is 5.91 Å². The van der Waals surface area contributed by atoms with E-state index in [1.165, 1.54) is 24.5 Å². The van der Waals surface area contributed by atoms with Crippen molar-refractivity contribution in [3.05, 3.63) is 65.1 Å². The van der Waals surface area contributed by atoms with Crippen molar-refractivity contribution in [1.29, 1.82) is 0 Å². The summed E-state index contributed by atoms with van der Waals surface area (Å²) in [6, 6.07) is 9.41. The minimum Gasteiger partial charge on any atom is -0.619 e. The van der Waals surface area contributed by atoms with E-state index in [0.717, 1.165) is 25.9 Å². The Hall–Kier alpha value is -2.64. The first kappa shape index (κ1) is 19.7. The van der Waals surface area contributed by atoms with E-state index in [0.29, 0.717) is 21.5 Å². The van der Waals surface area contributed by atoms with E-state index in [2.05, 4.69) is 10.6 Å². The van der Waals surface area contributed by atoms with Gasteiger partial charge in [-0.2, -0.15) is 4.73 Å². The summed E-state index contributed by atoms with van der Waals surface area (Å²) in [7, 11) is 0. The minimum absolute atomic E-state index is 0. The van der Waals surface area contributed by atoms with Crippen LogP contribution >= 0.6 is 12.4 Å². The van der Waals surface area contributed by atoms with Crippen LogP contribution in [0.15, 0.2) is 48.8 Å². The van der Waals surface area contributed by atoms with Gasteiger partial charge in [-0.15, -0.1) is 12.4 Å². The molecule has 2 heterocycles. The van der Waals surface area contributed by atoms with Crippen LogP contribution in [0.2, 0.25) is 0 Å². The molecule has 1 aliphatic rings. The Morgan fingerprint density at radius 3 is 2.27 bits per heavy atom. The van der Waals surface area contributed by atoms with Crippen molar-refractivity contribution in [2.24, 2.45) is 0 Å². The van der Waals surface area contributed by atoms with E-state index in [4.69, 9.17) is 4.74 Å². The molecule has 7 nitrogen and oxygen atoms in total. The number of ether oxygens (including phenoxy) is 1. The van der Waals surface area contributed by atoms with Crippen molar-refractivity contribution in [3.63, 3.8) is 0 Å². The maximum Gasteiger partial charge on any atom is 0.338 e. The molecule has 138 valence electrons. The molecule has 1 aromatic heterocycles. The lowest BCUT2D eigenvalue weighted by molar-refractivity contribution is -0.605. The SMILES string of the molecule is Cl.O=C(Nc1ccc(C(=O)OC2CCNCC2)cc1)c1cc[n+]([O-])cc1. The number of halogens is 1. The van der Waals surface area contributed by atoms with Crippen LogP contribution in [0.5, 0.6) is 0 Å². The molecule has 0 spiro atoms. The predicted octanol–water partition coefficient (Wildman–Crippen LogP) is 1.90. The molecule has 8 heteroatoms. The zero-order valence-electron chi connectivity index (χ0n) is 14.0. The van der Waals surface area contributed by atoms with Crippen LogP contribution in [0, 0.1) is 5.21 Å². The topological polar surface area (TPSA) is 94.4 Å². The second kappa shape index (κ2) is 9.17. The Kier molecular flexibility index (Phi) is 6.94. The number of esters is 1. The van der Waals surface area contributed by atoms with Crippen LogP contribution in [-0.4, -0.2) is 31.1 Å². The molecule has 3 rings (SSSR count). The molecule has 1 fully saturated rings. The number of hydrogen-bond acceptors (Lipinski definition) is 5. The maximum absolute atomic E-state index is 12.1. The molecule has 0 bridgehead atoms. The zero-order valence-corrected chi connectivity index (χ0v) is 14.8. The van der Waals surface area contributed by atoms with Gasteiger partial charge in [-0.1, -0.05) is 0 Å². The van der Waals surface area contributed by atoms with Crippen molar-refractivity contribution in [2.45, 2.75) is 18.9 Å². The average molecular weight is 378 g/mol. The van der Waals surface area contributed by atoms with E-state index in [1.54, 1.807) is 24.3 Å². The number of pyridine rings is 1. The number of carbonyl (C=O) groups excluding carboxylic acids is 2. The van der Waals surface area contributed by atoms with Crippen molar-refractivity contribution in [2.75, 3.05) is 18.4 Å². The third kappa shape index (κ3) is 5.18. The summed E-state index contributed by atoms with van der Waals surface area (Å²) in [5.74, 6) is -0.682. The summed E-state index contributed by atoms with van der Waals surface area (Å²) in [5, 5.41) is 16.9. The summed E-state index contributed by atoms with van der Waals surface area (Å²) in [6.07, 6.45) is 4.11. The first-order valence-electron chi connectivity index (χ1n) is 8.14. The molecule has 1 amide bonds. The summed E-state index contributed by atoms with van der Waals surface area (Å²) < 4.78 is 6.09. The molecule has 0 unspecified atom stereocenters. The molecule has 0 saturated carbocycles. The van der Waals surface area contributed by atoms with Gasteiger partial charge in [0.15, 0.2) is 12.4 Å². The van der Waals surface area contributed by atoms with Crippen molar-refractivity contribution >= 4 is 30.0 Å². The lowest BCUT2D eigenvalue weighted by atomic mass is 10.1. The quantitative estimate of drug-likeness (QED) is 0.482. The second-order valence-electron chi connectivity index (χ2n) is 5.83. The summed E-state index contributed by atoms with van der Waals surface area (Å²) in [6.45, 7) is 1.71. The fourth-order valence-corrected chi connectivity index (χ4v) is 2.59. The van der Waals surface area contributed by atoms with Crippen LogP contribution in [0.25, 0.3) is 0 Å². The van der Waals surface area contributed by atoms with Crippen molar-refractivity contribution in [1.82, 2.24) is 5.32 Å². The fourth-order valence-electron chi connectivity index (χ4n) is 2.59. The Morgan fingerprint density at radius 2 is 1.65 bits per heavy atom. The van der Waals surface area contributed by atoms with Crippen LogP contribution in [-0.2, 0) is 4.74 Å². The highest BCUT2D eigenvalue weighted by atomic mass is 35.5. The number of benzene rings is 1. The highest BCUT2D eigenvalue weighted by Crippen LogP contribution is 2.15. The highest BCUT2D eigenvalue weighted by molar-refractivity contribution is 6.04. The first-order chi connectivity index (χ1) is 12.1. The minimum atomic E-state index is -0.354. The number of nitrogens with one attached hydrogen (secondary N) is 2. The molecule has 0 atom stereocenters. The molecule has 0 radical (unpaired) electrons. The van der Waals surface area contributed by atoms with Crippen molar-refractivity contribution < 1.29 is 19.1 Å². The first-order valence-corrected chi connectivity index (χ1v) is 8.14. The Bertz CT molecular complexity index is 744. The largest absolute Gasteiger partial charge is 0.619 e. The molecular weight excluding hydrogens is 358 g/mol. The number of hydrogen-bond donors (Lipinski definition) is 2. The zero-order chi connectivity index (χ0) is 17.6. The third-order valence-electron chi connectivity index (χ3n) is 4.00. The van der Waals surface area contributed by atoms with Gasteiger partial charge in [-0.25, -0.2) is 4.79 Å². The molecule has 2 aromatic rings.